The molecule has 0 spiro atoms. The highest BCUT2D eigenvalue weighted by atomic mass is 32.1. The van der Waals surface area contributed by atoms with Crippen molar-refractivity contribution in [1.29, 1.82) is 5.26 Å². The van der Waals surface area contributed by atoms with Crippen LogP contribution in [-0.2, 0) is 12.8 Å². The highest BCUT2D eigenvalue weighted by Crippen LogP contribution is 2.40. The van der Waals surface area contributed by atoms with E-state index in [-0.39, 0.29) is 5.91 Å². The van der Waals surface area contributed by atoms with E-state index in [2.05, 4.69) is 18.3 Å². The minimum atomic E-state index is -0.274. The molecule has 1 amide bonds. The van der Waals surface area contributed by atoms with Gasteiger partial charge in [0.15, 0.2) is 0 Å². The highest BCUT2D eigenvalue weighted by molar-refractivity contribution is 7.16. The van der Waals surface area contributed by atoms with Gasteiger partial charge >= 0.3 is 0 Å². The van der Waals surface area contributed by atoms with Gasteiger partial charge in [-0.25, -0.2) is 0 Å². The van der Waals surface area contributed by atoms with E-state index < -0.39 is 0 Å². The van der Waals surface area contributed by atoms with Crippen LogP contribution in [0.3, 0.4) is 0 Å². The number of anilines is 1. The second-order valence-corrected chi connectivity index (χ2v) is 7.50. The van der Waals surface area contributed by atoms with Crippen LogP contribution in [0.4, 0.5) is 5.00 Å². The summed E-state index contributed by atoms with van der Waals surface area (Å²) < 4.78 is 10.4. The maximum atomic E-state index is 12.7. The quantitative estimate of drug-likeness (QED) is 0.846. The molecule has 5 nitrogen and oxygen atoms in total. The molecule has 136 valence electrons. The van der Waals surface area contributed by atoms with Gasteiger partial charge in [-0.3, -0.25) is 4.79 Å². The van der Waals surface area contributed by atoms with Gasteiger partial charge in [0.25, 0.3) is 5.91 Å². The SMILES string of the molecule is CC[C@@H]1CCc2c(sc(NC(=O)c3cc(OC)cc(OC)c3)c2C#N)C1. The second kappa shape index (κ2) is 7.79. The van der Waals surface area contributed by atoms with E-state index in [1.54, 1.807) is 32.4 Å². The summed E-state index contributed by atoms with van der Waals surface area (Å²) in [6.07, 6.45) is 4.16. The maximum Gasteiger partial charge on any atom is 0.256 e. The van der Waals surface area contributed by atoms with Gasteiger partial charge in [0, 0.05) is 16.5 Å². The molecule has 0 bridgehead atoms. The molecule has 3 rings (SSSR count). The standard InChI is InChI=1S/C20H22N2O3S/c1-4-12-5-6-16-17(11-21)20(26-18(16)7-12)22-19(23)13-8-14(24-2)10-15(9-13)25-3/h8-10,12H,4-7H2,1-3H3,(H,22,23)/t12-/m1/s1. The predicted molar refractivity (Wildman–Crippen MR) is 102 cm³/mol. The zero-order valence-electron chi connectivity index (χ0n) is 15.2. The van der Waals surface area contributed by atoms with Gasteiger partial charge in [-0.05, 0) is 42.9 Å². The topological polar surface area (TPSA) is 71.3 Å². The molecule has 0 radical (unpaired) electrons. The van der Waals surface area contributed by atoms with Gasteiger partial charge in [0.1, 0.15) is 22.6 Å². The first kappa shape index (κ1) is 18.3. The number of rotatable bonds is 5. The lowest BCUT2D eigenvalue weighted by Gasteiger charge is -2.20. The van der Waals surface area contributed by atoms with E-state index in [0.717, 1.165) is 31.2 Å². The van der Waals surface area contributed by atoms with Crippen LogP contribution >= 0.6 is 11.3 Å². The summed E-state index contributed by atoms with van der Waals surface area (Å²) in [5.41, 5.74) is 2.16. The Morgan fingerprint density at radius 1 is 1.31 bits per heavy atom. The number of nitrogens with zero attached hydrogens (tertiary/aromatic N) is 1. The summed E-state index contributed by atoms with van der Waals surface area (Å²) in [6.45, 7) is 2.20. The third kappa shape index (κ3) is 3.54. The van der Waals surface area contributed by atoms with E-state index in [1.807, 2.05) is 0 Å². The van der Waals surface area contributed by atoms with Crippen LogP contribution < -0.4 is 14.8 Å². The van der Waals surface area contributed by atoms with Gasteiger partial charge < -0.3 is 14.8 Å². The summed E-state index contributed by atoms with van der Waals surface area (Å²) in [5, 5.41) is 13.2. The van der Waals surface area contributed by atoms with Crippen LogP contribution in [0.15, 0.2) is 18.2 Å². The monoisotopic (exact) mass is 370 g/mol. The Kier molecular flexibility index (Phi) is 5.48. The molecule has 0 aliphatic heterocycles. The van der Waals surface area contributed by atoms with Gasteiger partial charge in [-0.1, -0.05) is 13.3 Å². The maximum absolute atomic E-state index is 12.7. The summed E-state index contributed by atoms with van der Waals surface area (Å²) in [7, 11) is 3.09. The molecule has 1 aromatic heterocycles. The number of hydrogen-bond donors (Lipinski definition) is 1. The largest absolute Gasteiger partial charge is 0.497 e. The van der Waals surface area contributed by atoms with Crippen LogP contribution in [0.25, 0.3) is 0 Å². The van der Waals surface area contributed by atoms with Crippen LogP contribution in [0.5, 0.6) is 11.5 Å². The molecule has 6 heteroatoms. The fourth-order valence-corrected chi connectivity index (χ4v) is 4.63. The number of carbonyl (C=O) groups excluding carboxylic acids is 1. The fraction of sp³-hybridized carbons (Fsp3) is 0.400. The molecule has 26 heavy (non-hydrogen) atoms. The first-order chi connectivity index (χ1) is 12.6. The van der Waals surface area contributed by atoms with Gasteiger partial charge in [-0.15, -0.1) is 11.3 Å². The first-order valence-electron chi connectivity index (χ1n) is 8.68. The third-order valence-electron chi connectivity index (χ3n) is 4.90. The number of benzene rings is 1. The van der Waals surface area contributed by atoms with Gasteiger partial charge in [0.2, 0.25) is 0 Å². The number of carbonyl (C=O) groups is 1. The average Bonchev–Trinajstić information content (AvgIpc) is 3.03. The van der Waals surface area contributed by atoms with E-state index >= 15 is 0 Å². The summed E-state index contributed by atoms with van der Waals surface area (Å²) in [5.74, 6) is 1.49. The van der Waals surface area contributed by atoms with Crippen LogP contribution in [0, 0.1) is 17.2 Å². The Labute approximate surface area is 157 Å². The minimum absolute atomic E-state index is 0.274. The molecular formula is C20H22N2O3S. The van der Waals surface area contributed by atoms with Crippen LogP contribution in [-0.4, -0.2) is 20.1 Å². The molecule has 2 aromatic rings. The molecular weight excluding hydrogens is 348 g/mol. The Hall–Kier alpha value is -2.52. The fourth-order valence-electron chi connectivity index (χ4n) is 3.32. The van der Waals surface area contributed by atoms with Crippen molar-refractivity contribution in [3.63, 3.8) is 0 Å². The predicted octanol–water partition coefficient (Wildman–Crippen LogP) is 4.40. The smallest absolute Gasteiger partial charge is 0.256 e. The third-order valence-corrected chi connectivity index (χ3v) is 6.07. The number of hydrogen-bond acceptors (Lipinski definition) is 5. The molecule has 0 fully saturated rings. The Morgan fingerprint density at radius 2 is 2.00 bits per heavy atom. The number of fused-ring (bicyclic) bond motifs is 1. The van der Waals surface area contributed by atoms with E-state index in [9.17, 15) is 10.1 Å². The highest BCUT2D eigenvalue weighted by Gasteiger charge is 2.26. The Morgan fingerprint density at radius 3 is 2.58 bits per heavy atom. The lowest BCUT2D eigenvalue weighted by molar-refractivity contribution is 0.102. The van der Waals surface area contributed by atoms with Crippen LogP contribution in [0.1, 0.15) is 46.1 Å². The zero-order valence-corrected chi connectivity index (χ0v) is 16.0. The molecule has 1 heterocycles. The average molecular weight is 370 g/mol. The molecule has 0 unspecified atom stereocenters. The van der Waals surface area contributed by atoms with Crippen molar-refractivity contribution in [2.24, 2.45) is 5.92 Å². The van der Waals surface area contributed by atoms with Crippen molar-refractivity contribution in [3.05, 3.63) is 39.8 Å². The van der Waals surface area contributed by atoms with Crippen molar-refractivity contribution < 1.29 is 14.3 Å². The van der Waals surface area contributed by atoms with Crippen LogP contribution in [0.2, 0.25) is 0 Å². The van der Waals surface area contributed by atoms with E-state index in [0.29, 0.717) is 33.5 Å². The lowest BCUT2D eigenvalue weighted by Crippen LogP contribution is -2.13. The van der Waals surface area contributed by atoms with Crippen molar-refractivity contribution in [3.8, 4) is 17.6 Å². The normalized spacial score (nSPS) is 15.7. The molecule has 0 saturated heterocycles. The summed E-state index contributed by atoms with van der Waals surface area (Å²) in [4.78, 5) is 14.0. The minimum Gasteiger partial charge on any atom is -0.497 e. The molecule has 1 aromatic carbocycles. The van der Waals surface area contributed by atoms with Crippen molar-refractivity contribution >= 4 is 22.2 Å². The molecule has 1 N–H and O–H groups in total. The van der Waals surface area contributed by atoms with Crippen molar-refractivity contribution in [1.82, 2.24) is 0 Å². The van der Waals surface area contributed by atoms with Gasteiger partial charge in [-0.2, -0.15) is 5.26 Å². The van der Waals surface area contributed by atoms with Crippen molar-refractivity contribution in [2.45, 2.75) is 32.6 Å². The van der Waals surface area contributed by atoms with Crippen molar-refractivity contribution in [2.75, 3.05) is 19.5 Å². The van der Waals surface area contributed by atoms with E-state index in [1.165, 1.54) is 16.2 Å². The number of nitriles is 1. The Bertz CT molecular complexity index is 844. The number of nitrogens with one attached hydrogen (secondary N) is 1. The number of ether oxygens (including phenoxy) is 2. The summed E-state index contributed by atoms with van der Waals surface area (Å²) >= 11 is 1.53. The lowest BCUT2D eigenvalue weighted by atomic mass is 9.86. The molecule has 1 atom stereocenters. The number of methoxy groups -OCH3 is 2. The molecule has 1 aliphatic rings. The zero-order chi connectivity index (χ0) is 18.7. The summed E-state index contributed by atoms with van der Waals surface area (Å²) in [6, 6.07) is 7.31. The number of amides is 1. The number of thiophene rings is 1. The first-order valence-corrected chi connectivity index (χ1v) is 9.50. The molecule has 0 saturated carbocycles. The second-order valence-electron chi connectivity index (χ2n) is 6.39. The van der Waals surface area contributed by atoms with E-state index in [4.69, 9.17) is 9.47 Å². The van der Waals surface area contributed by atoms with Gasteiger partial charge in [0.05, 0.1) is 19.8 Å². The molecule has 1 aliphatic carbocycles. The Balaban J connectivity index is 1.89.